The summed E-state index contributed by atoms with van der Waals surface area (Å²) >= 11 is 0. The summed E-state index contributed by atoms with van der Waals surface area (Å²) in [5.74, 6) is -5.08. The Hall–Kier alpha value is -4.74. The number of benzene rings is 2. The van der Waals surface area contributed by atoms with E-state index in [9.17, 15) is 39.4 Å². The fourth-order valence-electron chi connectivity index (χ4n) is 4.58. The van der Waals surface area contributed by atoms with E-state index in [0.29, 0.717) is 10.0 Å². The molecule has 1 saturated heterocycles. The van der Waals surface area contributed by atoms with Crippen LogP contribution in [0.4, 0.5) is 11.4 Å². The van der Waals surface area contributed by atoms with Crippen molar-refractivity contribution >= 4 is 34.9 Å². The average molecular weight is 492 g/mol. The maximum Gasteiger partial charge on any atom is 0.282 e. The van der Waals surface area contributed by atoms with Gasteiger partial charge in [-0.2, -0.15) is 5.01 Å². The first-order chi connectivity index (χ1) is 17.1. The molecule has 2 aromatic carbocycles. The number of amides is 3. The highest BCUT2D eigenvalue weighted by atomic mass is 16.6. The Morgan fingerprint density at radius 3 is 2.42 bits per heavy atom. The largest absolute Gasteiger partial charge is 0.292 e. The second-order valence-electron chi connectivity index (χ2n) is 8.51. The van der Waals surface area contributed by atoms with E-state index in [1.807, 2.05) is 0 Å². The summed E-state index contributed by atoms with van der Waals surface area (Å²) in [5, 5.41) is 23.9. The number of Topliss-reactive ketones (excluding diaryl/α,β-unsaturated/α-hetero) is 1. The zero-order valence-corrected chi connectivity index (χ0v) is 19.0. The smallest absolute Gasteiger partial charge is 0.282 e. The van der Waals surface area contributed by atoms with Gasteiger partial charge < -0.3 is 0 Å². The molecular weight excluding hydrogens is 472 g/mol. The number of imide groups is 1. The average Bonchev–Trinajstić information content (AvgIpc) is 3.12. The van der Waals surface area contributed by atoms with Crippen LogP contribution >= 0.6 is 0 Å². The minimum atomic E-state index is -1.10. The number of nitro groups is 2. The lowest BCUT2D eigenvalue weighted by atomic mass is 9.78. The molecule has 1 aliphatic heterocycles. The number of nitro benzene ring substituents is 2. The van der Waals surface area contributed by atoms with Gasteiger partial charge in [0.1, 0.15) is 12.1 Å². The van der Waals surface area contributed by atoms with Crippen LogP contribution in [0.15, 0.2) is 60.7 Å². The molecule has 2 aromatic rings. The summed E-state index contributed by atoms with van der Waals surface area (Å²) in [4.78, 5) is 74.5. The van der Waals surface area contributed by atoms with Crippen LogP contribution in [-0.2, 0) is 9.59 Å². The number of ketones is 1. The van der Waals surface area contributed by atoms with Gasteiger partial charge in [0, 0.05) is 23.8 Å². The highest BCUT2D eigenvalue weighted by Gasteiger charge is 2.53. The predicted molar refractivity (Wildman–Crippen MR) is 123 cm³/mol. The fourth-order valence-corrected chi connectivity index (χ4v) is 4.58. The van der Waals surface area contributed by atoms with Gasteiger partial charge in [-0.3, -0.25) is 39.4 Å². The Labute approximate surface area is 204 Å². The minimum Gasteiger partial charge on any atom is -0.292 e. The maximum absolute atomic E-state index is 13.6. The molecule has 3 atom stereocenters. The number of rotatable bonds is 7. The molecule has 0 N–H and O–H groups in total. The second-order valence-corrected chi connectivity index (χ2v) is 8.51. The summed E-state index contributed by atoms with van der Waals surface area (Å²) in [6.07, 6.45) is 3.82. The normalized spacial score (nSPS) is 20.7. The molecule has 2 aliphatic rings. The molecule has 1 heterocycles. The van der Waals surface area contributed by atoms with E-state index in [1.165, 1.54) is 30.3 Å². The van der Waals surface area contributed by atoms with Crippen LogP contribution in [0.2, 0.25) is 0 Å². The quantitative estimate of drug-likeness (QED) is 0.187. The van der Waals surface area contributed by atoms with Crippen LogP contribution in [0.1, 0.15) is 34.1 Å². The lowest BCUT2D eigenvalue weighted by molar-refractivity contribution is -0.385. The Morgan fingerprint density at radius 2 is 1.75 bits per heavy atom. The molecule has 12 heteroatoms. The van der Waals surface area contributed by atoms with E-state index in [2.05, 4.69) is 0 Å². The van der Waals surface area contributed by atoms with Crippen molar-refractivity contribution in [1.29, 1.82) is 0 Å². The molecule has 1 aliphatic carbocycles. The lowest BCUT2D eigenvalue weighted by Crippen LogP contribution is -2.52. The number of fused-ring (bicyclic) bond motifs is 1. The molecule has 0 aromatic heterocycles. The standard InChI is InChI=1S/C24H20N4O8/c1-14-6-4-10-18-21(14)24(32)26(23(18)31)25(22(30)17-9-2-3-11-19(17)28(35)36)13-20(29)15-7-5-8-16(12-15)27(33)34/h2-9,11-12,14,18,21H,10,13H2,1H3/t14-,18+,21+/m1/s1. The fraction of sp³-hybridized carbons (Fsp3) is 0.250. The summed E-state index contributed by atoms with van der Waals surface area (Å²) in [7, 11) is 0. The van der Waals surface area contributed by atoms with Crippen LogP contribution in [0.5, 0.6) is 0 Å². The Kier molecular flexibility index (Phi) is 6.43. The van der Waals surface area contributed by atoms with E-state index < -0.39 is 63.0 Å². The summed E-state index contributed by atoms with van der Waals surface area (Å²) in [5.41, 5.74) is -1.48. The number of non-ortho nitro benzene ring substituents is 1. The van der Waals surface area contributed by atoms with Crippen LogP contribution in [0.3, 0.4) is 0 Å². The second kappa shape index (κ2) is 9.49. The van der Waals surface area contributed by atoms with Gasteiger partial charge in [-0.1, -0.05) is 43.3 Å². The van der Waals surface area contributed by atoms with Crippen LogP contribution in [-0.4, -0.2) is 49.9 Å². The SMILES string of the molecule is C[C@@H]1C=CC[C@@H]2C(=O)N(N(CC(=O)c3cccc([N+](=O)[O-])c3)C(=O)c3ccccc3[N+](=O)[O-])C(=O)[C@@H]12. The van der Waals surface area contributed by atoms with Crippen LogP contribution < -0.4 is 0 Å². The van der Waals surface area contributed by atoms with Gasteiger partial charge in [0.25, 0.3) is 29.1 Å². The molecule has 0 unspecified atom stereocenters. The van der Waals surface area contributed by atoms with Gasteiger partial charge in [-0.25, -0.2) is 5.01 Å². The summed E-state index contributed by atoms with van der Waals surface area (Å²) < 4.78 is 0. The molecule has 0 radical (unpaired) electrons. The number of allylic oxidation sites excluding steroid dienone is 2. The van der Waals surface area contributed by atoms with Gasteiger partial charge in [0.2, 0.25) is 0 Å². The number of nitrogens with zero attached hydrogens (tertiary/aromatic N) is 4. The highest BCUT2D eigenvalue weighted by molar-refractivity contribution is 6.10. The van der Waals surface area contributed by atoms with Gasteiger partial charge in [-0.05, 0) is 18.4 Å². The zero-order valence-electron chi connectivity index (χ0n) is 19.0. The number of carbonyl (C=O) groups is 4. The molecule has 1 fully saturated rings. The van der Waals surface area contributed by atoms with Crippen molar-refractivity contribution in [3.8, 4) is 0 Å². The molecule has 4 rings (SSSR count). The summed E-state index contributed by atoms with van der Waals surface area (Å²) in [6, 6.07) is 9.74. The maximum atomic E-state index is 13.6. The van der Waals surface area contributed by atoms with Crippen molar-refractivity contribution in [3.05, 3.63) is 92.0 Å². The van der Waals surface area contributed by atoms with Gasteiger partial charge in [0.15, 0.2) is 5.78 Å². The third-order valence-corrected chi connectivity index (χ3v) is 6.33. The van der Waals surface area contributed by atoms with Crippen molar-refractivity contribution < 1.29 is 29.0 Å². The van der Waals surface area contributed by atoms with Crippen molar-refractivity contribution in [2.45, 2.75) is 13.3 Å². The van der Waals surface area contributed by atoms with Crippen LogP contribution in [0, 0.1) is 38.0 Å². The zero-order chi connectivity index (χ0) is 26.1. The first-order valence-electron chi connectivity index (χ1n) is 11.0. The molecule has 0 bridgehead atoms. The molecule has 184 valence electrons. The van der Waals surface area contributed by atoms with Crippen LogP contribution in [0.25, 0.3) is 0 Å². The van der Waals surface area contributed by atoms with E-state index in [4.69, 9.17) is 0 Å². The molecule has 12 nitrogen and oxygen atoms in total. The molecular formula is C24H20N4O8. The number of para-hydroxylation sites is 1. The lowest BCUT2D eigenvalue weighted by Gasteiger charge is -2.30. The minimum absolute atomic E-state index is 0.129. The Morgan fingerprint density at radius 1 is 1.03 bits per heavy atom. The van der Waals surface area contributed by atoms with E-state index in [0.717, 1.165) is 18.2 Å². The van der Waals surface area contributed by atoms with E-state index >= 15 is 0 Å². The number of hydrogen-bond donors (Lipinski definition) is 0. The van der Waals surface area contributed by atoms with E-state index in [-0.39, 0.29) is 23.6 Å². The van der Waals surface area contributed by atoms with Gasteiger partial charge in [-0.15, -0.1) is 0 Å². The van der Waals surface area contributed by atoms with E-state index in [1.54, 1.807) is 19.1 Å². The van der Waals surface area contributed by atoms with Crippen molar-refractivity contribution in [1.82, 2.24) is 10.0 Å². The Bertz CT molecular complexity index is 1340. The van der Waals surface area contributed by atoms with Gasteiger partial charge in [0.05, 0.1) is 21.7 Å². The number of hydrogen-bond acceptors (Lipinski definition) is 8. The first-order valence-corrected chi connectivity index (χ1v) is 11.0. The summed E-state index contributed by atoms with van der Waals surface area (Å²) in [6.45, 7) is 0.912. The van der Waals surface area contributed by atoms with Gasteiger partial charge >= 0.3 is 0 Å². The van der Waals surface area contributed by atoms with Crippen molar-refractivity contribution in [3.63, 3.8) is 0 Å². The monoisotopic (exact) mass is 492 g/mol. The van der Waals surface area contributed by atoms with Crippen molar-refractivity contribution in [2.24, 2.45) is 17.8 Å². The van der Waals surface area contributed by atoms with Crippen molar-refractivity contribution in [2.75, 3.05) is 6.54 Å². The highest BCUT2D eigenvalue weighted by Crippen LogP contribution is 2.39. The first kappa shape index (κ1) is 24.4. The molecule has 3 amide bonds. The third kappa shape index (κ3) is 4.24. The number of hydrazine groups is 1. The predicted octanol–water partition coefficient (Wildman–Crippen LogP) is 2.94. The number of carbonyl (C=O) groups excluding carboxylic acids is 4. The Balaban J connectivity index is 1.77. The third-order valence-electron chi connectivity index (χ3n) is 6.33. The molecule has 36 heavy (non-hydrogen) atoms. The topological polar surface area (TPSA) is 161 Å². The molecule has 0 spiro atoms. The molecule has 0 saturated carbocycles.